The van der Waals surface area contributed by atoms with Crippen LogP contribution in [0.5, 0.6) is 0 Å². The first-order valence-electron chi connectivity index (χ1n) is 17.4. The van der Waals surface area contributed by atoms with Gasteiger partial charge in [-0.15, -0.1) is 0 Å². The van der Waals surface area contributed by atoms with Crippen LogP contribution in [0.4, 0.5) is 9.59 Å². The molecule has 2 aromatic rings. The van der Waals surface area contributed by atoms with E-state index in [9.17, 15) is 19.2 Å². The summed E-state index contributed by atoms with van der Waals surface area (Å²) in [7, 11) is 0. The van der Waals surface area contributed by atoms with Crippen LogP contribution in [-0.4, -0.2) is 70.3 Å². The van der Waals surface area contributed by atoms with Gasteiger partial charge < -0.3 is 34.7 Å². The molecule has 0 heterocycles. The number of benzene rings is 2. The number of alkyl carbamates (subject to hydrolysis) is 2. The molecule has 2 rings (SSSR count). The Morgan fingerprint density at radius 1 is 0.593 bits per heavy atom. The van der Waals surface area contributed by atoms with Crippen LogP contribution in [-0.2, 0) is 41.4 Å². The summed E-state index contributed by atoms with van der Waals surface area (Å²) in [4.78, 5) is 49.3. The van der Waals surface area contributed by atoms with Crippen molar-refractivity contribution in [3.05, 3.63) is 70.8 Å². The van der Waals surface area contributed by atoms with Crippen LogP contribution >= 0.6 is 0 Å². The number of hydrogen-bond acceptors (Lipinski definition) is 10. The topological polar surface area (TPSA) is 173 Å². The second-order valence-electron chi connectivity index (χ2n) is 16.1. The monoisotopic (exact) mass is 745 g/mol. The van der Waals surface area contributed by atoms with Gasteiger partial charge >= 0.3 is 24.1 Å². The Balaban J connectivity index is 0.000000540. The summed E-state index contributed by atoms with van der Waals surface area (Å²) in [5.74, 6) is 9.33. The van der Waals surface area contributed by atoms with Gasteiger partial charge in [0.2, 0.25) is 0 Å². The Labute approximate surface area is 320 Å². The summed E-state index contributed by atoms with van der Waals surface area (Å²) in [5.41, 5.74) is 0.382. The minimum absolute atomic E-state index is 0.206. The van der Waals surface area contributed by atoms with Crippen molar-refractivity contribution in [2.24, 2.45) is 0 Å². The van der Waals surface area contributed by atoms with Crippen molar-refractivity contribution in [2.75, 3.05) is 6.61 Å². The molecule has 0 aliphatic carbocycles. The van der Waals surface area contributed by atoms with Crippen molar-refractivity contribution in [3.63, 3.8) is 0 Å². The van der Waals surface area contributed by atoms with E-state index in [1.165, 1.54) is 0 Å². The number of nitrogens with zero attached hydrogens (tertiary/aromatic N) is 1. The van der Waals surface area contributed by atoms with Crippen LogP contribution in [0.15, 0.2) is 48.5 Å². The van der Waals surface area contributed by atoms with Crippen molar-refractivity contribution in [3.8, 4) is 29.8 Å². The van der Waals surface area contributed by atoms with E-state index in [1.807, 2.05) is 12.1 Å². The number of aliphatic hydroxyl groups excluding tert-OH is 1. The molecule has 0 saturated heterocycles. The van der Waals surface area contributed by atoms with Gasteiger partial charge in [-0.25, -0.2) is 19.2 Å². The Hall–Kier alpha value is -5.51. The molecule has 12 nitrogen and oxygen atoms in total. The maximum absolute atomic E-state index is 12.5. The molecule has 0 spiro atoms. The predicted octanol–water partition coefficient (Wildman–Crippen LogP) is 6.15. The molecule has 0 aromatic heterocycles. The molecule has 2 aromatic carbocycles. The smallest absolute Gasteiger partial charge is 0.408 e. The van der Waals surface area contributed by atoms with Crippen LogP contribution in [0.3, 0.4) is 0 Å². The van der Waals surface area contributed by atoms with Gasteiger partial charge in [0.25, 0.3) is 0 Å². The third-order valence-corrected chi connectivity index (χ3v) is 6.13. The summed E-state index contributed by atoms with van der Waals surface area (Å²) >= 11 is 0. The van der Waals surface area contributed by atoms with Gasteiger partial charge in [0, 0.05) is 29.9 Å². The molecule has 0 bridgehead atoms. The lowest BCUT2D eigenvalue weighted by Gasteiger charge is -2.26. The van der Waals surface area contributed by atoms with E-state index in [4.69, 9.17) is 29.3 Å². The Morgan fingerprint density at radius 3 is 1.22 bits per heavy atom. The van der Waals surface area contributed by atoms with Crippen LogP contribution < -0.4 is 10.6 Å². The third-order valence-electron chi connectivity index (χ3n) is 6.13. The number of amides is 2. The van der Waals surface area contributed by atoms with Gasteiger partial charge in [0.05, 0.1) is 0 Å². The van der Waals surface area contributed by atoms with Crippen molar-refractivity contribution in [2.45, 2.75) is 130 Å². The third kappa shape index (κ3) is 21.8. The van der Waals surface area contributed by atoms with Gasteiger partial charge in [-0.3, -0.25) is 0 Å². The molecule has 0 aliphatic rings. The Morgan fingerprint density at radius 2 is 0.926 bits per heavy atom. The van der Waals surface area contributed by atoms with Crippen LogP contribution in [0.1, 0.15) is 105 Å². The van der Waals surface area contributed by atoms with E-state index in [0.29, 0.717) is 5.56 Å². The largest absolute Gasteiger partial charge is 0.458 e. The highest BCUT2D eigenvalue weighted by atomic mass is 16.6. The number of nitrogens with one attached hydrogen (secondary N) is 2. The molecular formula is C42H55N3O9. The van der Waals surface area contributed by atoms with Crippen molar-refractivity contribution >= 4 is 24.1 Å². The first-order chi connectivity index (χ1) is 24.8. The number of carbonyl (C=O) groups excluding carboxylic acids is 4. The molecule has 2 atom stereocenters. The van der Waals surface area contributed by atoms with Gasteiger partial charge in [0.1, 0.15) is 41.1 Å². The minimum atomic E-state index is -0.893. The number of ether oxygens (including phenoxy) is 4. The summed E-state index contributed by atoms with van der Waals surface area (Å²) in [5, 5.41) is 22.4. The number of esters is 2. The number of hydrogen-bond donors (Lipinski definition) is 3. The van der Waals surface area contributed by atoms with Crippen molar-refractivity contribution in [1.29, 1.82) is 5.26 Å². The first-order valence-corrected chi connectivity index (χ1v) is 17.4. The predicted molar refractivity (Wildman–Crippen MR) is 205 cm³/mol. The molecule has 292 valence electrons. The summed E-state index contributed by atoms with van der Waals surface area (Å²) in [6.45, 7) is 20.9. The standard InChI is InChI=1S/C21H26N2O4.C21H29NO5/c1-20(2,3)26-18(24)17(23-19(25)27-21(4,5)6)14-16-11-9-15(10-12-16)8-7-13-22;1-20(2,3)26-18(24)17(22-19(25)27-21(4,5)6)14-16-11-9-15(10-12-16)8-7-13-23/h9-12,17H,14H2,1-6H3,(H,23,25);9-12,17,23H,13-14H2,1-6H3,(H,22,25). The zero-order valence-electron chi connectivity index (χ0n) is 33.6. The fourth-order valence-corrected chi connectivity index (χ4v) is 4.19. The normalized spacial score (nSPS) is 12.2. The summed E-state index contributed by atoms with van der Waals surface area (Å²) < 4.78 is 21.3. The fourth-order valence-electron chi connectivity index (χ4n) is 4.19. The zero-order valence-corrected chi connectivity index (χ0v) is 33.6. The summed E-state index contributed by atoms with van der Waals surface area (Å²) in [6.07, 6.45) is -0.874. The summed E-state index contributed by atoms with van der Waals surface area (Å²) in [6, 6.07) is 14.3. The SMILES string of the molecule is CC(C)(C)OC(=O)NC(Cc1ccc(C#CC#N)cc1)C(=O)OC(C)(C)C.CC(C)(C)OC(=O)NC(Cc1ccc(C#CCO)cc1)C(=O)OC(C)(C)C. The van der Waals surface area contributed by atoms with E-state index in [2.05, 4.69) is 34.3 Å². The second kappa shape index (κ2) is 20.7. The molecule has 2 amide bonds. The van der Waals surface area contributed by atoms with E-state index in [1.54, 1.807) is 126 Å². The van der Waals surface area contributed by atoms with Gasteiger partial charge in [-0.1, -0.05) is 42.0 Å². The Kier molecular flexibility index (Phi) is 17.8. The molecular weight excluding hydrogens is 690 g/mol. The number of carbonyl (C=O) groups is 4. The van der Waals surface area contributed by atoms with Crippen molar-refractivity contribution < 1.29 is 43.2 Å². The van der Waals surface area contributed by atoms with Crippen LogP contribution in [0, 0.1) is 35.0 Å². The van der Waals surface area contributed by atoms with Crippen molar-refractivity contribution in [1.82, 2.24) is 10.6 Å². The van der Waals surface area contributed by atoms with Gasteiger partial charge in [0.15, 0.2) is 6.07 Å². The maximum atomic E-state index is 12.5. The molecule has 0 aliphatic heterocycles. The lowest BCUT2D eigenvalue weighted by molar-refractivity contribution is -0.158. The molecule has 0 fully saturated rings. The molecule has 54 heavy (non-hydrogen) atoms. The van der Waals surface area contributed by atoms with Gasteiger partial charge in [-0.05, 0) is 118 Å². The van der Waals surface area contributed by atoms with E-state index >= 15 is 0 Å². The van der Waals surface area contributed by atoms with E-state index in [-0.39, 0.29) is 19.4 Å². The van der Waals surface area contributed by atoms with Gasteiger partial charge in [-0.2, -0.15) is 5.26 Å². The first kappa shape index (κ1) is 46.5. The molecule has 2 unspecified atom stereocenters. The Bertz CT molecular complexity index is 1730. The van der Waals surface area contributed by atoms with Crippen LogP contribution in [0.25, 0.3) is 0 Å². The van der Waals surface area contributed by atoms with E-state index < -0.39 is 58.6 Å². The highest BCUT2D eigenvalue weighted by Crippen LogP contribution is 2.16. The molecule has 3 N–H and O–H groups in total. The molecule has 0 radical (unpaired) electrons. The average Bonchev–Trinajstić information content (AvgIpc) is 3.00. The van der Waals surface area contributed by atoms with E-state index in [0.717, 1.165) is 16.7 Å². The quantitative estimate of drug-likeness (QED) is 0.162. The maximum Gasteiger partial charge on any atom is 0.408 e. The highest BCUT2D eigenvalue weighted by molar-refractivity contribution is 5.82. The lowest BCUT2D eigenvalue weighted by Crippen LogP contribution is -2.47. The van der Waals surface area contributed by atoms with Crippen LogP contribution in [0.2, 0.25) is 0 Å². The minimum Gasteiger partial charge on any atom is -0.458 e. The molecule has 0 saturated carbocycles. The number of aliphatic hydroxyl groups is 1. The number of nitriles is 1. The molecule has 12 heteroatoms. The fraction of sp³-hybridized carbons (Fsp3) is 0.500. The number of rotatable bonds is 8. The lowest BCUT2D eigenvalue weighted by atomic mass is 10.0. The zero-order chi connectivity index (χ0) is 41.3. The average molecular weight is 746 g/mol. The second-order valence-corrected chi connectivity index (χ2v) is 16.1. The highest BCUT2D eigenvalue weighted by Gasteiger charge is 2.30.